The number of hydrogen-bond acceptors (Lipinski definition) is 3. The first kappa shape index (κ1) is 23.6. The smallest absolute Gasteiger partial charge is 0.272 e. The van der Waals surface area contributed by atoms with Gasteiger partial charge in [0.2, 0.25) is 6.17 Å². The number of nitrogens with one attached hydrogen (secondary N) is 2. The third-order valence-corrected chi connectivity index (χ3v) is 6.92. The van der Waals surface area contributed by atoms with Gasteiger partial charge in [0, 0.05) is 28.2 Å². The molecule has 1 atom stereocenters. The molecular weight excluding hydrogens is 475 g/mol. The minimum absolute atomic E-state index is 0.261. The summed E-state index contributed by atoms with van der Waals surface area (Å²) >= 11 is 18.4. The van der Waals surface area contributed by atoms with Crippen molar-refractivity contribution in [1.82, 2.24) is 10.6 Å². The van der Waals surface area contributed by atoms with Gasteiger partial charge in [-0.2, -0.15) is 0 Å². The summed E-state index contributed by atoms with van der Waals surface area (Å²) in [6, 6.07) is 12.7. The van der Waals surface area contributed by atoms with Gasteiger partial charge in [0.25, 0.3) is 5.91 Å². The van der Waals surface area contributed by atoms with Gasteiger partial charge in [0.05, 0.1) is 11.4 Å². The van der Waals surface area contributed by atoms with Crippen LogP contribution in [0.15, 0.2) is 47.5 Å². The van der Waals surface area contributed by atoms with Gasteiger partial charge in [-0.1, -0.05) is 66.6 Å². The molecule has 1 heterocycles. The fourth-order valence-electron chi connectivity index (χ4n) is 4.35. The van der Waals surface area contributed by atoms with E-state index in [2.05, 4.69) is 16.6 Å². The highest BCUT2D eigenvalue weighted by Crippen LogP contribution is 2.32. The number of carbonyl (C=O) groups is 1. The zero-order chi connectivity index (χ0) is 23.6. The van der Waals surface area contributed by atoms with E-state index in [0.717, 1.165) is 32.1 Å². The Balaban J connectivity index is 1.72. The summed E-state index contributed by atoms with van der Waals surface area (Å²) in [6.07, 6.45) is 9.79. The van der Waals surface area contributed by atoms with E-state index >= 15 is 0 Å². The van der Waals surface area contributed by atoms with E-state index < -0.39 is 11.7 Å². The molecule has 8 heteroatoms. The number of terminal acetylenes is 1. The average Bonchev–Trinajstić information content (AvgIpc) is 2.90. The summed E-state index contributed by atoms with van der Waals surface area (Å²) < 4.78 is 0. The zero-order valence-corrected chi connectivity index (χ0v) is 20.5. The molecule has 0 saturated heterocycles. The van der Waals surface area contributed by atoms with E-state index in [1.165, 1.54) is 0 Å². The Morgan fingerprint density at radius 3 is 2.61 bits per heavy atom. The van der Waals surface area contributed by atoms with E-state index in [4.69, 9.17) is 46.8 Å². The lowest BCUT2D eigenvalue weighted by atomic mass is 9.82. The van der Waals surface area contributed by atoms with Crippen LogP contribution in [-0.4, -0.2) is 35.5 Å². The second-order valence-corrected chi connectivity index (χ2v) is 9.56. The molecule has 1 unspecified atom stereocenters. The first-order valence-corrected chi connectivity index (χ1v) is 12.0. The van der Waals surface area contributed by atoms with Crippen molar-refractivity contribution in [2.45, 2.75) is 43.8 Å². The molecule has 0 radical (unpaired) electrons. The Bertz CT molecular complexity index is 1170. The highest BCUT2D eigenvalue weighted by molar-refractivity contribution is 7.80. The molecule has 5 nitrogen and oxygen atoms in total. The fourth-order valence-corrected chi connectivity index (χ4v) is 5.05. The van der Waals surface area contributed by atoms with Crippen LogP contribution in [0.2, 0.25) is 10.0 Å². The van der Waals surface area contributed by atoms with Gasteiger partial charge in [0.1, 0.15) is 5.54 Å². The van der Waals surface area contributed by atoms with Gasteiger partial charge in [0.15, 0.2) is 5.11 Å². The molecule has 33 heavy (non-hydrogen) atoms. The number of rotatable bonds is 3. The molecule has 1 amide bonds. The molecule has 2 aromatic carbocycles. The Morgan fingerprint density at radius 2 is 1.91 bits per heavy atom. The highest BCUT2D eigenvalue weighted by atomic mass is 35.5. The predicted molar refractivity (Wildman–Crippen MR) is 139 cm³/mol. The normalized spacial score (nSPS) is 19.6. The van der Waals surface area contributed by atoms with Crippen LogP contribution in [0, 0.1) is 12.3 Å². The minimum atomic E-state index is -0.967. The van der Waals surface area contributed by atoms with Crippen LogP contribution in [0.3, 0.4) is 0 Å². The lowest BCUT2D eigenvalue weighted by Crippen LogP contribution is -2.56. The highest BCUT2D eigenvalue weighted by Gasteiger charge is 2.34. The maximum Gasteiger partial charge on any atom is 0.272 e. The summed E-state index contributed by atoms with van der Waals surface area (Å²) in [5.41, 5.74) is 2.14. The van der Waals surface area contributed by atoms with E-state index in [0.29, 0.717) is 37.7 Å². The number of likely N-dealkylation sites (N-methyl/N-ethyl adjacent to an activating group) is 1. The number of hydrogen-bond donors (Lipinski definition) is 2. The molecular formula is C25H24Cl2N4OS. The SMILES string of the molecule is C#CC1(NC(=S)NC2N=C(c3ccccc3Cl)c3cc(Cl)ccc3N(C)C2=O)CCCCC1. The predicted octanol–water partition coefficient (Wildman–Crippen LogP) is 4.93. The summed E-state index contributed by atoms with van der Waals surface area (Å²) in [7, 11) is 1.70. The lowest BCUT2D eigenvalue weighted by Gasteiger charge is -2.35. The van der Waals surface area contributed by atoms with Gasteiger partial charge in [-0.25, -0.2) is 4.99 Å². The number of benzodiazepines with no additional fused rings is 1. The molecule has 2 aliphatic rings. The Hall–Kier alpha value is -2.59. The quantitative estimate of drug-likeness (QED) is 0.465. The van der Waals surface area contributed by atoms with Crippen molar-refractivity contribution in [2.24, 2.45) is 4.99 Å². The van der Waals surface area contributed by atoms with Crippen molar-refractivity contribution < 1.29 is 4.79 Å². The van der Waals surface area contributed by atoms with Crippen LogP contribution in [0.4, 0.5) is 5.69 Å². The molecule has 0 bridgehead atoms. The molecule has 1 aliphatic carbocycles. The molecule has 1 saturated carbocycles. The second-order valence-electron chi connectivity index (χ2n) is 8.30. The number of benzene rings is 2. The number of nitrogens with zero attached hydrogens (tertiary/aromatic N) is 2. The largest absolute Gasteiger partial charge is 0.346 e. The number of halogens is 2. The minimum Gasteiger partial charge on any atom is -0.346 e. The third kappa shape index (κ3) is 4.86. The van der Waals surface area contributed by atoms with Crippen LogP contribution >= 0.6 is 35.4 Å². The van der Waals surface area contributed by atoms with Gasteiger partial charge in [-0.05, 0) is 49.3 Å². The van der Waals surface area contributed by atoms with Gasteiger partial charge < -0.3 is 15.5 Å². The van der Waals surface area contributed by atoms with Crippen LogP contribution in [0.25, 0.3) is 0 Å². The fraction of sp³-hybridized carbons (Fsp3) is 0.320. The van der Waals surface area contributed by atoms with Crippen molar-refractivity contribution in [3.05, 3.63) is 63.6 Å². The first-order chi connectivity index (χ1) is 15.8. The van der Waals surface area contributed by atoms with E-state index in [1.54, 1.807) is 36.2 Å². The molecule has 0 spiro atoms. The topological polar surface area (TPSA) is 56.7 Å². The molecule has 2 aromatic rings. The number of amides is 1. The maximum atomic E-state index is 13.4. The Kier molecular flexibility index (Phi) is 6.94. The zero-order valence-electron chi connectivity index (χ0n) is 18.2. The lowest BCUT2D eigenvalue weighted by molar-refractivity contribution is -0.119. The van der Waals surface area contributed by atoms with Crippen molar-refractivity contribution in [2.75, 3.05) is 11.9 Å². The first-order valence-electron chi connectivity index (χ1n) is 10.8. The average molecular weight is 499 g/mol. The molecule has 2 N–H and O–H groups in total. The number of anilines is 1. The number of carbonyl (C=O) groups excluding carboxylic acids is 1. The van der Waals surface area contributed by atoms with E-state index in [9.17, 15) is 4.79 Å². The molecule has 1 aliphatic heterocycles. The summed E-state index contributed by atoms with van der Waals surface area (Å²) in [5, 5.41) is 7.72. The number of thiocarbonyl (C=S) groups is 1. The summed E-state index contributed by atoms with van der Waals surface area (Å²) in [5.74, 6) is 2.62. The molecule has 1 fully saturated rings. The van der Waals surface area contributed by atoms with Crippen LogP contribution < -0.4 is 15.5 Å². The Morgan fingerprint density at radius 1 is 1.18 bits per heavy atom. The van der Waals surface area contributed by atoms with Crippen LogP contribution in [0.5, 0.6) is 0 Å². The van der Waals surface area contributed by atoms with Crippen molar-refractivity contribution in [1.29, 1.82) is 0 Å². The van der Waals surface area contributed by atoms with E-state index in [-0.39, 0.29) is 5.91 Å². The molecule has 0 aromatic heterocycles. The van der Waals surface area contributed by atoms with Crippen LogP contribution in [0.1, 0.15) is 43.2 Å². The van der Waals surface area contributed by atoms with Gasteiger partial charge >= 0.3 is 0 Å². The number of fused-ring (bicyclic) bond motifs is 1. The number of aliphatic imine (C=N–C) groups is 1. The Labute approximate surface area is 209 Å². The third-order valence-electron chi connectivity index (χ3n) is 6.13. The van der Waals surface area contributed by atoms with Gasteiger partial charge in [-0.15, -0.1) is 6.42 Å². The van der Waals surface area contributed by atoms with Crippen molar-refractivity contribution in [3.63, 3.8) is 0 Å². The summed E-state index contributed by atoms with van der Waals surface area (Å²) in [6.45, 7) is 0. The van der Waals surface area contributed by atoms with Crippen molar-refractivity contribution >= 4 is 57.8 Å². The molecule has 170 valence electrons. The van der Waals surface area contributed by atoms with Crippen molar-refractivity contribution in [3.8, 4) is 12.3 Å². The monoisotopic (exact) mass is 498 g/mol. The maximum absolute atomic E-state index is 13.4. The standard InChI is InChI=1S/C25H24Cl2N4OS/c1-3-25(13-7-4-8-14-25)30-24(33)29-22-23(32)31(2)20-12-11-16(26)15-18(20)21(28-22)17-9-5-6-10-19(17)27/h1,5-6,9-12,15,22H,4,7-8,13-14H2,2H3,(H2,29,30,33). The van der Waals surface area contributed by atoms with Crippen LogP contribution in [-0.2, 0) is 4.79 Å². The van der Waals surface area contributed by atoms with E-state index in [1.807, 2.05) is 18.2 Å². The second kappa shape index (κ2) is 9.72. The van der Waals surface area contributed by atoms with Gasteiger partial charge in [-0.3, -0.25) is 4.79 Å². The summed E-state index contributed by atoms with van der Waals surface area (Å²) in [4.78, 5) is 19.7. The molecule has 4 rings (SSSR count).